The van der Waals surface area contributed by atoms with E-state index in [-0.39, 0.29) is 18.2 Å². The summed E-state index contributed by atoms with van der Waals surface area (Å²) in [4.78, 5) is 36.9. The van der Waals surface area contributed by atoms with Crippen LogP contribution in [0.15, 0.2) is 82.8 Å². The largest absolute Gasteiger partial charge is 0.496 e. The first-order chi connectivity index (χ1) is 18.0. The van der Waals surface area contributed by atoms with Gasteiger partial charge in [0.2, 0.25) is 5.91 Å². The van der Waals surface area contributed by atoms with Crippen LogP contribution in [0.3, 0.4) is 0 Å². The van der Waals surface area contributed by atoms with Gasteiger partial charge in [-0.2, -0.15) is 4.99 Å². The second-order valence-corrected chi connectivity index (χ2v) is 10.00. The normalized spacial score (nSPS) is 16.0. The van der Waals surface area contributed by atoms with Gasteiger partial charge in [-0.3, -0.25) is 14.5 Å². The third-order valence-electron chi connectivity index (χ3n) is 6.18. The van der Waals surface area contributed by atoms with Crippen LogP contribution in [-0.4, -0.2) is 40.9 Å². The van der Waals surface area contributed by atoms with E-state index in [0.29, 0.717) is 34.7 Å². The van der Waals surface area contributed by atoms with Crippen molar-refractivity contribution in [2.24, 2.45) is 9.98 Å². The molecular weight excluding hydrogens is 508 g/mol. The zero-order chi connectivity index (χ0) is 25.8. The maximum atomic E-state index is 13.0. The molecule has 0 radical (unpaired) electrons. The minimum Gasteiger partial charge on any atom is -0.496 e. The van der Waals surface area contributed by atoms with E-state index in [4.69, 9.17) is 21.3 Å². The fourth-order valence-electron chi connectivity index (χ4n) is 4.35. The molecule has 7 nitrogen and oxygen atoms in total. The van der Waals surface area contributed by atoms with Gasteiger partial charge in [0, 0.05) is 34.9 Å². The predicted octanol–water partition coefficient (Wildman–Crippen LogP) is 5.34. The Bertz CT molecular complexity index is 1410. The van der Waals surface area contributed by atoms with E-state index < -0.39 is 6.04 Å². The molecule has 0 saturated heterocycles. The molecule has 1 N–H and O–H groups in total. The van der Waals surface area contributed by atoms with Crippen LogP contribution in [0.1, 0.15) is 29.5 Å². The van der Waals surface area contributed by atoms with E-state index in [0.717, 1.165) is 28.1 Å². The lowest BCUT2D eigenvalue weighted by atomic mass is 10.1. The van der Waals surface area contributed by atoms with Gasteiger partial charge in [-0.1, -0.05) is 65.8 Å². The number of carbonyl (C=O) groups is 2. The molecule has 0 aliphatic carbocycles. The van der Waals surface area contributed by atoms with Crippen LogP contribution in [0.2, 0.25) is 5.02 Å². The first-order valence-electron chi connectivity index (χ1n) is 11.9. The minimum absolute atomic E-state index is 0.144. The molecule has 0 saturated carbocycles. The van der Waals surface area contributed by atoms with Crippen molar-refractivity contribution in [3.8, 4) is 5.75 Å². The molecule has 0 fully saturated rings. The first-order valence-corrected chi connectivity index (χ1v) is 13.3. The van der Waals surface area contributed by atoms with E-state index >= 15 is 0 Å². The molecule has 0 bridgehead atoms. The number of aliphatic imine (C=N–C) groups is 2. The number of amidine groups is 2. The highest BCUT2D eigenvalue weighted by molar-refractivity contribution is 8.13. The maximum Gasteiger partial charge on any atom is 0.270 e. The number of rotatable bonds is 8. The van der Waals surface area contributed by atoms with Crippen LogP contribution >= 0.6 is 23.4 Å². The van der Waals surface area contributed by atoms with Crippen molar-refractivity contribution in [1.82, 2.24) is 10.2 Å². The Morgan fingerprint density at radius 3 is 2.73 bits per heavy atom. The van der Waals surface area contributed by atoms with Gasteiger partial charge >= 0.3 is 0 Å². The number of thioether (sulfide) groups is 1. The lowest BCUT2D eigenvalue weighted by Gasteiger charge is -2.31. The van der Waals surface area contributed by atoms with Gasteiger partial charge < -0.3 is 10.1 Å². The molecule has 2 aliphatic heterocycles. The second-order valence-electron chi connectivity index (χ2n) is 8.62. The Hall–Kier alpha value is -3.62. The number of carbonyl (C=O) groups excluding carboxylic acids is 2. The standard InChI is InChI=1S/C28H25ClN4O3S/c1-36-24-12-5-2-8-19(24)16-30-25(34)14-13-23-27(35)32-26-21-10-3-4-11-22(21)31-28(33(23)26)37-17-18-7-6-9-20(29)15-18/h2-12,15,23H,13-14,16-17H2,1H3,(H,30,34). The zero-order valence-corrected chi connectivity index (χ0v) is 21.8. The number of hydrogen-bond donors (Lipinski definition) is 1. The molecule has 1 unspecified atom stereocenters. The summed E-state index contributed by atoms with van der Waals surface area (Å²) in [6.45, 7) is 0.350. The lowest BCUT2D eigenvalue weighted by molar-refractivity contribution is -0.122. The van der Waals surface area contributed by atoms with Gasteiger partial charge in [-0.15, -0.1) is 0 Å². The van der Waals surface area contributed by atoms with Gasteiger partial charge in [-0.25, -0.2) is 4.99 Å². The Morgan fingerprint density at radius 1 is 1.08 bits per heavy atom. The third-order valence-corrected chi connectivity index (χ3v) is 7.44. The Morgan fingerprint density at radius 2 is 1.89 bits per heavy atom. The summed E-state index contributed by atoms with van der Waals surface area (Å²) in [7, 11) is 1.60. The number of halogens is 1. The van der Waals surface area contributed by atoms with Crippen molar-refractivity contribution >= 4 is 51.9 Å². The summed E-state index contributed by atoms with van der Waals surface area (Å²) >= 11 is 7.68. The summed E-state index contributed by atoms with van der Waals surface area (Å²) in [6.07, 6.45) is 0.501. The molecule has 9 heteroatoms. The van der Waals surface area contributed by atoms with Gasteiger partial charge in [0.15, 0.2) is 5.17 Å². The number of para-hydroxylation sites is 2. The van der Waals surface area contributed by atoms with E-state index in [9.17, 15) is 9.59 Å². The number of benzene rings is 3. The molecule has 37 heavy (non-hydrogen) atoms. The van der Waals surface area contributed by atoms with Crippen molar-refractivity contribution in [2.75, 3.05) is 7.11 Å². The third kappa shape index (κ3) is 5.55. The van der Waals surface area contributed by atoms with Gasteiger partial charge in [0.25, 0.3) is 5.91 Å². The average Bonchev–Trinajstić information content (AvgIpc) is 3.25. The smallest absolute Gasteiger partial charge is 0.270 e. The molecule has 3 aromatic carbocycles. The molecule has 2 amide bonds. The van der Waals surface area contributed by atoms with E-state index in [2.05, 4.69) is 10.3 Å². The topological polar surface area (TPSA) is 83.4 Å². The molecule has 5 rings (SSSR count). The van der Waals surface area contributed by atoms with Crippen LogP contribution in [0.5, 0.6) is 5.75 Å². The molecular formula is C28H25ClN4O3S. The molecule has 1 atom stereocenters. The number of amides is 2. The predicted molar refractivity (Wildman–Crippen MR) is 148 cm³/mol. The van der Waals surface area contributed by atoms with Gasteiger partial charge in [0.05, 0.1) is 12.8 Å². The lowest BCUT2D eigenvalue weighted by Crippen LogP contribution is -2.44. The van der Waals surface area contributed by atoms with E-state index in [1.54, 1.807) is 7.11 Å². The Kier molecular flexibility index (Phi) is 7.58. The number of nitrogens with zero attached hydrogens (tertiary/aromatic N) is 3. The summed E-state index contributed by atoms with van der Waals surface area (Å²) in [5.41, 5.74) is 3.52. The second kappa shape index (κ2) is 11.2. The summed E-state index contributed by atoms with van der Waals surface area (Å²) in [5, 5.41) is 4.28. The summed E-state index contributed by atoms with van der Waals surface area (Å²) in [6, 6.07) is 22.3. The van der Waals surface area contributed by atoms with Crippen LogP contribution in [0.4, 0.5) is 5.69 Å². The van der Waals surface area contributed by atoms with E-state index in [1.807, 2.05) is 77.7 Å². The highest BCUT2D eigenvalue weighted by Gasteiger charge is 2.41. The fourth-order valence-corrected chi connectivity index (χ4v) is 5.55. The SMILES string of the molecule is COc1ccccc1CNC(=O)CCC1C(=O)N=C2c3ccccc3N=C(SCc3cccc(Cl)c3)N21. The number of ether oxygens (including phenoxy) is 1. The molecule has 2 heterocycles. The number of nitrogens with one attached hydrogen (secondary N) is 1. The number of hydrogen-bond acceptors (Lipinski definition) is 6. The molecule has 0 spiro atoms. The van der Waals surface area contributed by atoms with Crippen molar-refractivity contribution in [3.63, 3.8) is 0 Å². The molecule has 0 aromatic heterocycles. The summed E-state index contributed by atoms with van der Waals surface area (Å²) < 4.78 is 5.35. The van der Waals surface area contributed by atoms with Crippen LogP contribution in [-0.2, 0) is 21.9 Å². The monoisotopic (exact) mass is 532 g/mol. The maximum absolute atomic E-state index is 13.0. The van der Waals surface area contributed by atoms with Crippen molar-refractivity contribution in [1.29, 1.82) is 0 Å². The number of fused-ring (bicyclic) bond motifs is 3. The molecule has 2 aliphatic rings. The number of methoxy groups -OCH3 is 1. The van der Waals surface area contributed by atoms with Crippen molar-refractivity contribution in [3.05, 3.63) is 94.5 Å². The molecule has 188 valence electrons. The molecule has 3 aromatic rings. The van der Waals surface area contributed by atoms with E-state index in [1.165, 1.54) is 11.8 Å². The van der Waals surface area contributed by atoms with Crippen molar-refractivity contribution in [2.45, 2.75) is 31.2 Å². The highest BCUT2D eigenvalue weighted by Crippen LogP contribution is 2.36. The minimum atomic E-state index is -0.592. The van der Waals surface area contributed by atoms with Crippen LogP contribution in [0, 0.1) is 0 Å². The highest BCUT2D eigenvalue weighted by atomic mass is 35.5. The first kappa shape index (κ1) is 25.0. The Balaban J connectivity index is 1.30. The van der Waals surface area contributed by atoms with Crippen molar-refractivity contribution < 1.29 is 14.3 Å². The quantitative estimate of drug-likeness (QED) is 0.423. The van der Waals surface area contributed by atoms with Crippen LogP contribution < -0.4 is 10.1 Å². The fraction of sp³-hybridized carbons (Fsp3) is 0.214. The van der Waals surface area contributed by atoms with Gasteiger partial charge in [0.1, 0.15) is 17.6 Å². The summed E-state index contributed by atoms with van der Waals surface area (Å²) in [5.74, 6) is 1.53. The average molecular weight is 533 g/mol. The van der Waals surface area contributed by atoms with Gasteiger partial charge in [-0.05, 0) is 42.3 Å². The van der Waals surface area contributed by atoms with Crippen LogP contribution in [0.25, 0.3) is 0 Å². The zero-order valence-electron chi connectivity index (χ0n) is 20.2. The Labute approximate surface area is 224 Å².